The molecule has 0 amide bonds. The van der Waals surface area contributed by atoms with Crippen LogP contribution in [0.1, 0.15) is 13.8 Å². The number of rotatable bonds is 2. The number of fused-ring (bicyclic) bond motifs is 1. The Labute approximate surface area is 95.1 Å². The Morgan fingerprint density at radius 1 is 1.12 bits per heavy atom. The van der Waals surface area contributed by atoms with Crippen LogP contribution in [0.5, 0.6) is 0 Å². The van der Waals surface area contributed by atoms with Crippen molar-refractivity contribution in [3.05, 3.63) is 36.5 Å². The van der Waals surface area contributed by atoms with E-state index in [1.54, 1.807) is 44.3 Å². The minimum absolute atomic E-state index is 0.369. The molecule has 0 radical (unpaired) electrons. The molecule has 0 atom stereocenters. The van der Waals surface area contributed by atoms with E-state index in [2.05, 4.69) is 4.98 Å². The molecular formula is C12H13NO2S. The van der Waals surface area contributed by atoms with Crippen molar-refractivity contribution in [3.63, 3.8) is 0 Å². The molecule has 1 aromatic carbocycles. The van der Waals surface area contributed by atoms with Gasteiger partial charge < -0.3 is 0 Å². The van der Waals surface area contributed by atoms with Crippen molar-refractivity contribution >= 4 is 20.7 Å². The summed E-state index contributed by atoms with van der Waals surface area (Å²) in [5.41, 5.74) is 0.712. The van der Waals surface area contributed by atoms with Crippen molar-refractivity contribution in [3.8, 4) is 0 Å². The summed E-state index contributed by atoms with van der Waals surface area (Å²) < 4.78 is 24.2. The van der Waals surface area contributed by atoms with E-state index in [1.807, 2.05) is 6.07 Å². The van der Waals surface area contributed by atoms with Gasteiger partial charge in [-0.05, 0) is 38.1 Å². The fraction of sp³-hybridized carbons (Fsp3) is 0.250. The quantitative estimate of drug-likeness (QED) is 0.803. The molecule has 0 aliphatic carbocycles. The molecule has 0 saturated heterocycles. The number of hydrogen-bond acceptors (Lipinski definition) is 3. The van der Waals surface area contributed by atoms with Crippen LogP contribution in [0.4, 0.5) is 0 Å². The lowest BCUT2D eigenvalue weighted by Gasteiger charge is -2.09. The first kappa shape index (κ1) is 11.1. The molecule has 0 N–H and O–H groups in total. The number of pyridine rings is 1. The van der Waals surface area contributed by atoms with Gasteiger partial charge in [0.25, 0.3) is 0 Å². The minimum atomic E-state index is -3.24. The second kappa shape index (κ2) is 3.87. The van der Waals surface area contributed by atoms with Crippen molar-refractivity contribution < 1.29 is 8.42 Å². The van der Waals surface area contributed by atoms with Crippen molar-refractivity contribution in [2.75, 3.05) is 0 Å². The van der Waals surface area contributed by atoms with Crippen LogP contribution in [-0.2, 0) is 9.84 Å². The van der Waals surface area contributed by atoms with Crippen LogP contribution in [-0.4, -0.2) is 18.7 Å². The van der Waals surface area contributed by atoms with E-state index in [0.29, 0.717) is 15.8 Å². The SMILES string of the molecule is CC(C)S(=O)(=O)c1cccc2ncccc12. The molecule has 0 aliphatic heterocycles. The first-order valence-electron chi connectivity index (χ1n) is 5.11. The first-order chi connectivity index (χ1) is 7.53. The molecule has 0 bridgehead atoms. The Bertz CT molecular complexity index is 612. The van der Waals surface area contributed by atoms with Gasteiger partial charge in [0.1, 0.15) is 0 Å². The Hall–Kier alpha value is -1.42. The van der Waals surface area contributed by atoms with Gasteiger partial charge in [0.2, 0.25) is 0 Å². The van der Waals surface area contributed by atoms with Gasteiger partial charge in [-0.15, -0.1) is 0 Å². The predicted molar refractivity (Wildman–Crippen MR) is 64.1 cm³/mol. The molecule has 3 nitrogen and oxygen atoms in total. The van der Waals surface area contributed by atoms with E-state index in [0.717, 1.165) is 0 Å². The average molecular weight is 235 g/mol. The van der Waals surface area contributed by atoms with E-state index < -0.39 is 15.1 Å². The Morgan fingerprint density at radius 2 is 1.88 bits per heavy atom. The lowest BCUT2D eigenvalue weighted by Crippen LogP contribution is -2.14. The fourth-order valence-electron chi connectivity index (χ4n) is 1.58. The average Bonchev–Trinajstić information content (AvgIpc) is 2.28. The summed E-state index contributed by atoms with van der Waals surface area (Å²) in [4.78, 5) is 4.52. The smallest absolute Gasteiger partial charge is 0.181 e. The lowest BCUT2D eigenvalue weighted by atomic mass is 10.2. The molecule has 1 heterocycles. The third kappa shape index (κ3) is 1.69. The van der Waals surface area contributed by atoms with Crippen LogP contribution in [0.15, 0.2) is 41.4 Å². The van der Waals surface area contributed by atoms with E-state index in [1.165, 1.54) is 0 Å². The summed E-state index contributed by atoms with van der Waals surface area (Å²) in [6.45, 7) is 3.37. The molecule has 0 spiro atoms. The zero-order valence-electron chi connectivity index (χ0n) is 9.21. The van der Waals surface area contributed by atoms with Crippen LogP contribution < -0.4 is 0 Å². The highest BCUT2D eigenvalue weighted by Gasteiger charge is 2.21. The van der Waals surface area contributed by atoms with Gasteiger partial charge in [0, 0.05) is 11.6 Å². The van der Waals surface area contributed by atoms with E-state index >= 15 is 0 Å². The largest absolute Gasteiger partial charge is 0.256 e. The van der Waals surface area contributed by atoms with Crippen molar-refractivity contribution in [2.24, 2.45) is 0 Å². The molecule has 0 unspecified atom stereocenters. The zero-order valence-corrected chi connectivity index (χ0v) is 10.0. The third-order valence-electron chi connectivity index (χ3n) is 2.53. The molecule has 0 fully saturated rings. The molecule has 2 rings (SSSR count). The summed E-state index contributed by atoms with van der Waals surface area (Å²) >= 11 is 0. The number of hydrogen-bond donors (Lipinski definition) is 0. The highest BCUT2D eigenvalue weighted by Crippen LogP contribution is 2.24. The summed E-state index contributed by atoms with van der Waals surface area (Å²) in [7, 11) is -3.24. The minimum Gasteiger partial charge on any atom is -0.256 e. The number of benzene rings is 1. The predicted octanol–water partition coefficient (Wildman–Crippen LogP) is 2.42. The molecule has 0 saturated carbocycles. The second-order valence-electron chi connectivity index (χ2n) is 3.92. The van der Waals surface area contributed by atoms with Crippen molar-refractivity contribution in [1.29, 1.82) is 0 Å². The van der Waals surface area contributed by atoms with Gasteiger partial charge >= 0.3 is 0 Å². The van der Waals surface area contributed by atoms with Gasteiger partial charge in [0.15, 0.2) is 9.84 Å². The van der Waals surface area contributed by atoms with Gasteiger partial charge in [0.05, 0.1) is 15.7 Å². The highest BCUT2D eigenvalue weighted by molar-refractivity contribution is 7.92. The molecule has 84 valence electrons. The first-order valence-corrected chi connectivity index (χ1v) is 6.66. The van der Waals surface area contributed by atoms with Crippen molar-refractivity contribution in [2.45, 2.75) is 24.0 Å². The standard InChI is InChI=1S/C12H13NO2S/c1-9(2)16(14,15)12-7-3-6-11-10(12)5-4-8-13-11/h3-9H,1-2H3. The van der Waals surface area contributed by atoms with Crippen molar-refractivity contribution in [1.82, 2.24) is 4.98 Å². The maximum Gasteiger partial charge on any atom is 0.181 e. The van der Waals surface area contributed by atoms with Crippen LogP contribution in [0.2, 0.25) is 0 Å². The Kier molecular flexibility index (Phi) is 2.68. The van der Waals surface area contributed by atoms with E-state index in [-0.39, 0.29) is 0 Å². The third-order valence-corrected chi connectivity index (χ3v) is 4.74. The normalized spacial score (nSPS) is 12.2. The molecular weight excluding hydrogens is 222 g/mol. The summed E-state index contributed by atoms with van der Waals surface area (Å²) in [5.74, 6) is 0. The monoisotopic (exact) mass is 235 g/mol. The number of sulfone groups is 1. The summed E-state index contributed by atoms with van der Waals surface area (Å²) in [6.07, 6.45) is 1.66. The van der Waals surface area contributed by atoms with Gasteiger partial charge in [-0.1, -0.05) is 6.07 Å². The molecule has 1 aromatic heterocycles. The van der Waals surface area contributed by atoms with Crippen LogP contribution in [0, 0.1) is 0 Å². The summed E-state index contributed by atoms with van der Waals surface area (Å²) in [6, 6.07) is 8.72. The maximum absolute atomic E-state index is 12.1. The van der Waals surface area contributed by atoms with Crippen LogP contribution >= 0.6 is 0 Å². The number of aromatic nitrogens is 1. The van der Waals surface area contributed by atoms with Gasteiger partial charge in [-0.25, -0.2) is 8.42 Å². The molecule has 0 aliphatic rings. The molecule has 4 heteroatoms. The van der Waals surface area contributed by atoms with Crippen LogP contribution in [0.25, 0.3) is 10.9 Å². The Morgan fingerprint density at radius 3 is 2.56 bits per heavy atom. The highest BCUT2D eigenvalue weighted by atomic mass is 32.2. The van der Waals surface area contributed by atoms with E-state index in [4.69, 9.17) is 0 Å². The van der Waals surface area contributed by atoms with Crippen LogP contribution in [0.3, 0.4) is 0 Å². The fourth-order valence-corrected chi connectivity index (χ4v) is 2.83. The molecule has 2 aromatic rings. The van der Waals surface area contributed by atoms with Gasteiger partial charge in [-0.3, -0.25) is 4.98 Å². The molecule has 16 heavy (non-hydrogen) atoms. The topological polar surface area (TPSA) is 47.0 Å². The summed E-state index contributed by atoms with van der Waals surface area (Å²) in [5, 5.41) is 0.275. The van der Waals surface area contributed by atoms with Gasteiger partial charge in [-0.2, -0.15) is 0 Å². The zero-order chi connectivity index (χ0) is 11.8. The lowest BCUT2D eigenvalue weighted by molar-refractivity contribution is 0.588. The van der Waals surface area contributed by atoms with E-state index in [9.17, 15) is 8.42 Å². The number of nitrogens with zero attached hydrogens (tertiary/aromatic N) is 1. The second-order valence-corrected chi connectivity index (χ2v) is 6.39. The maximum atomic E-state index is 12.1. The Balaban J connectivity index is 2.80.